The highest BCUT2D eigenvalue weighted by atomic mass is 35.5. The number of hydrogen-bond acceptors (Lipinski definition) is 2. The zero-order chi connectivity index (χ0) is 16.9. The molecule has 0 saturated carbocycles. The van der Waals surface area contributed by atoms with Gasteiger partial charge in [0.2, 0.25) is 0 Å². The van der Waals surface area contributed by atoms with Crippen LogP contribution in [0.2, 0.25) is 5.02 Å². The Morgan fingerprint density at radius 3 is 2.54 bits per heavy atom. The average Bonchev–Trinajstić information content (AvgIpc) is 2.62. The molecule has 1 heterocycles. The van der Waals surface area contributed by atoms with Gasteiger partial charge in [-0.15, -0.1) is 0 Å². The molecule has 24 heavy (non-hydrogen) atoms. The van der Waals surface area contributed by atoms with Gasteiger partial charge in [-0.25, -0.2) is 0 Å². The molecule has 0 bridgehead atoms. The molecule has 0 aliphatic carbocycles. The highest BCUT2D eigenvalue weighted by molar-refractivity contribution is 6.31. The minimum atomic E-state index is 0.00695. The Morgan fingerprint density at radius 2 is 1.88 bits per heavy atom. The van der Waals surface area contributed by atoms with Crippen molar-refractivity contribution >= 4 is 17.5 Å². The fourth-order valence-corrected chi connectivity index (χ4v) is 3.48. The first-order valence-corrected chi connectivity index (χ1v) is 8.72. The molecule has 0 atom stereocenters. The molecule has 3 nitrogen and oxygen atoms in total. The number of ether oxygens (including phenoxy) is 1. The third-order valence-electron chi connectivity index (χ3n) is 4.66. The predicted molar refractivity (Wildman–Crippen MR) is 96.8 cm³/mol. The normalized spacial score (nSPS) is 15.3. The molecule has 4 heteroatoms. The number of carbonyl (C=O) groups is 1. The van der Waals surface area contributed by atoms with E-state index in [0.29, 0.717) is 22.3 Å². The van der Waals surface area contributed by atoms with E-state index < -0.39 is 0 Å². The van der Waals surface area contributed by atoms with Crippen LogP contribution in [0.15, 0.2) is 48.5 Å². The molecule has 2 aromatic carbocycles. The van der Waals surface area contributed by atoms with Crippen molar-refractivity contribution in [3.8, 4) is 5.75 Å². The fourth-order valence-electron chi connectivity index (χ4n) is 3.31. The Kier molecular flexibility index (Phi) is 5.41. The van der Waals surface area contributed by atoms with Gasteiger partial charge in [0.25, 0.3) is 5.91 Å². The van der Waals surface area contributed by atoms with Crippen molar-refractivity contribution in [2.75, 3.05) is 20.2 Å². The van der Waals surface area contributed by atoms with Crippen LogP contribution in [0.25, 0.3) is 0 Å². The number of benzene rings is 2. The van der Waals surface area contributed by atoms with Crippen molar-refractivity contribution in [1.29, 1.82) is 0 Å². The molecule has 1 aliphatic heterocycles. The van der Waals surface area contributed by atoms with Crippen molar-refractivity contribution < 1.29 is 9.53 Å². The zero-order valence-corrected chi connectivity index (χ0v) is 14.6. The largest absolute Gasteiger partial charge is 0.496 e. The van der Waals surface area contributed by atoms with E-state index in [-0.39, 0.29) is 5.91 Å². The molecule has 126 valence electrons. The van der Waals surface area contributed by atoms with Crippen LogP contribution in [0, 0.1) is 5.92 Å². The van der Waals surface area contributed by atoms with Gasteiger partial charge in [-0.05, 0) is 48.9 Å². The van der Waals surface area contributed by atoms with Gasteiger partial charge in [-0.3, -0.25) is 4.79 Å². The van der Waals surface area contributed by atoms with Gasteiger partial charge in [0, 0.05) is 18.1 Å². The maximum Gasteiger partial charge on any atom is 0.257 e. The molecule has 0 radical (unpaired) electrons. The molecule has 1 amide bonds. The second kappa shape index (κ2) is 7.71. The summed E-state index contributed by atoms with van der Waals surface area (Å²) in [6.07, 6.45) is 3.15. The SMILES string of the molecule is COc1ccc(Cl)cc1C(=O)N1CCC(Cc2ccccc2)CC1. The number of halogens is 1. The summed E-state index contributed by atoms with van der Waals surface area (Å²) in [6, 6.07) is 15.7. The van der Waals surface area contributed by atoms with E-state index in [9.17, 15) is 4.79 Å². The van der Waals surface area contributed by atoms with E-state index in [1.165, 1.54) is 5.56 Å². The van der Waals surface area contributed by atoms with Gasteiger partial charge >= 0.3 is 0 Å². The van der Waals surface area contributed by atoms with Crippen LogP contribution >= 0.6 is 11.6 Å². The molecule has 1 saturated heterocycles. The second-order valence-electron chi connectivity index (χ2n) is 6.27. The number of nitrogens with zero attached hydrogens (tertiary/aromatic N) is 1. The highest BCUT2D eigenvalue weighted by Crippen LogP contribution is 2.27. The molecule has 0 aromatic heterocycles. The van der Waals surface area contributed by atoms with Gasteiger partial charge in [0.05, 0.1) is 12.7 Å². The zero-order valence-electron chi connectivity index (χ0n) is 13.9. The lowest BCUT2D eigenvalue weighted by Crippen LogP contribution is -2.39. The Morgan fingerprint density at radius 1 is 1.17 bits per heavy atom. The highest BCUT2D eigenvalue weighted by Gasteiger charge is 2.25. The minimum absolute atomic E-state index is 0.00695. The van der Waals surface area contributed by atoms with Crippen LogP contribution < -0.4 is 4.74 Å². The molecule has 0 N–H and O–H groups in total. The molecule has 3 rings (SSSR count). The van der Waals surface area contributed by atoms with Gasteiger partial charge in [0.1, 0.15) is 5.75 Å². The number of piperidine rings is 1. The van der Waals surface area contributed by atoms with Crippen molar-refractivity contribution in [3.05, 3.63) is 64.7 Å². The third kappa shape index (κ3) is 3.90. The summed E-state index contributed by atoms with van der Waals surface area (Å²) < 4.78 is 5.31. The van der Waals surface area contributed by atoms with E-state index in [2.05, 4.69) is 24.3 Å². The van der Waals surface area contributed by atoms with Crippen LogP contribution in [0.5, 0.6) is 5.75 Å². The maximum atomic E-state index is 12.8. The molecule has 0 spiro atoms. The second-order valence-corrected chi connectivity index (χ2v) is 6.71. The summed E-state index contributed by atoms with van der Waals surface area (Å²) in [5, 5.41) is 0.554. The van der Waals surface area contributed by atoms with Gasteiger partial charge in [-0.1, -0.05) is 41.9 Å². The summed E-state index contributed by atoms with van der Waals surface area (Å²) in [4.78, 5) is 14.7. The van der Waals surface area contributed by atoms with Crippen LogP contribution in [-0.4, -0.2) is 31.0 Å². The van der Waals surface area contributed by atoms with Crippen LogP contribution in [-0.2, 0) is 6.42 Å². The monoisotopic (exact) mass is 343 g/mol. The minimum Gasteiger partial charge on any atom is -0.496 e. The fraction of sp³-hybridized carbons (Fsp3) is 0.350. The summed E-state index contributed by atoms with van der Waals surface area (Å²) >= 11 is 6.04. The maximum absolute atomic E-state index is 12.8. The van der Waals surface area contributed by atoms with Crippen molar-refractivity contribution in [2.24, 2.45) is 5.92 Å². The molecule has 1 aliphatic rings. The van der Waals surface area contributed by atoms with Gasteiger partial charge in [0.15, 0.2) is 0 Å². The lowest BCUT2D eigenvalue weighted by atomic mass is 9.90. The summed E-state index contributed by atoms with van der Waals surface area (Å²) in [5.41, 5.74) is 1.92. The molecule has 1 fully saturated rings. The summed E-state index contributed by atoms with van der Waals surface area (Å²) in [7, 11) is 1.58. The summed E-state index contributed by atoms with van der Waals surface area (Å²) in [5.74, 6) is 1.22. The summed E-state index contributed by atoms with van der Waals surface area (Å²) in [6.45, 7) is 1.57. The first kappa shape index (κ1) is 16.8. The standard InChI is InChI=1S/C20H22ClNO2/c1-24-19-8-7-17(21)14-18(19)20(23)22-11-9-16(10-12-22)13-15-5-3-2-4-6-15/h2-8,14,16H,9-13H2,1H3. The molecular weight excluding hydrogens is 322 g/mol. The Hall–Kier alpha value is -2.00. The van der Waals surface area contributed by atoms with E-state index in [4.69, 9.17) is 16.3 Å². The van der Waals surface area contributed by atoms with Gasteiger partial charge in [-0.2, -0.15) is 0 Å². The van der Waals surface area contributed by atoms with E-state index in [0.717, 1.165) is 32.4 Å². The number of hydrogen-bond donors (Lipinski definition) is 0. The van der Waals surface area contributed by atoms with E-state index in [1.54, 1.807) is 25.3 Å². The van der Waals surface area contributed by atoms with Crippen molar-refractivity contribution in [2.45, 2.75) is 19.3 Å². The van der Waals surface area contributed by atoms with Crippen molar-refractivity contribution in [1.82, 2.24) is 4.90 Å². The van der Waals surface area contributed by atoms with Crippen LogP contribution in [0.1, 0.15) is 28.8 Å². The number of rotatable bonds is 4. The number of likely N-dealkylation sites (tertiary alicyclic amines) is 1. The topological polar surface area (TPSA) is 29.5 Å². The predicted octanol–water partition coefficient (Wildman–Crippen LogP) is 4.44. The van der Waals surface area contributed by atoms with Crippen LogP contribution in [0.4, 0.5) is 0 Å². The van der Waals surface area contributed by atoms with Crippen LogP contribution in [0.3, 0.4) is 0 Å². The first-order chi connectivity index (χ1) is 11.7. The van der Waals surface area contributed by atoms with Gasteiger partial charge < -0.3 is 9.64 Å². The lowest BCUT2D eigenvalue weighted by molar-refractivity contribution is 0.0687. The third-order valence-corrected chi connectivity index (χ3v) is 4.90. The molecule has 0 unspecified atom stereocenters. The first-order valence-electron chi connectivity index (χ1n) is 8.34. The quantitative estimate of drug-likeness (QED) is 0.821. The number of methoxy groups -OCH3 is 1. The Bertz CT molecular complexity index is 694. The average molecular weight is 344 g/mol. The molecular formula is C20H22ClNO2. The van der Waals surface area contributed by atoms with E-state index in [1.807, 2.05) is 11.0 Å². The molecule has 2 aromatic rings. The Balaban J connectivity index is 1.62. The number of carbonyl (C=O) groups excluding carboxylic acids is 1. The Labute approximate surface area is 148 Å². The smallest absolute Gasteiger partial charge is 0.257 e. The number of amides is 1. The van der Waals surface area contributed by atoms with E-state index >= 15 is 0 Å². The lowest BCUT2D eigenvalue weighted by Gasteiger charge is -2.32. The van der Waals surface area contributed by atoms with Crippen molar-refractivity contribution in [3.63, 3.8) is 0 Å².